The molecule has 0 atom stereocenters. The van der Waals surface area contributed by atoms with Gasteiger partial charge in [0.25, 0.3) is 0 Å². The minimum atomic E-state index is 0.482. The average molecular weight is 324 g/mol. The summed E-state index contributed by atoms with van der Waals surface area (Å²) >= 11 is 9.87. The van der Waals surface area contributed by atoms with Crippen LogP contribution in [0.2, 0.25) is 0 Å². The van der Waals surface area contributed by atoms with E-state index in [9.17, 15) is 0 Å². The highest BCUT2D eigenvalue weighted by Crippen LogP contribution is 2.33. The summed E-state index contributed by atoms with van der Waals surface area (Å²) in [6.07, 6.45) is 0. The monoisotopic (exact) mass is 323 g/mol. The van der Waals surface area contributed by atoms with E-state index >= 15 is 0 Å². The van der Waals surface area contributed by atoms with Crippen LogP contribution < -0.4 is 5.73 Å². The molecule has 13 heavy (non-hydrogen) atoms. The summed E-state index contributed by atoms with van der Waals surface area (Å²) in [6.45, 7) is 0. The largest absolute Gasteiger partial charge is 0.398 e. The number of halogens is 2. The molecule has 2 N–H and O–H groups in total. The zero-order valence-corrected chi connectivity index (χ0v) is 10.4. The molecule has 0 amide bonds. The molecule has 1 heterocycles. The maximum absolute atomic E-state index is 5.87. The minimum Gasteiger partial charge on any atom is -0.398 e. The molecule has 2 rings (SSSR count). The van der Waals surface area contributed by atoms with Crippen LogP contribution in [-0.2, 0) is 5.88 Å². The van der Waals surface area contributed by atoms with Gasteiger partial charge in [0.05, 0.1) is 5.88 Å². The van der Waals surface area contributed by atoms with Crippen LogP contribution in [0.5, 0.6) is 0 Å². The Morgan fingerprint density at radius 1 is 1.54 bits per heavy atom. The fourth-order valence-electron chi connectivity index (χ4n) is 1.33. The fourth-order valence-corrected chi connectivity index (χ4v) is 3.46. The van der Waals surface area contributed by atoms with Crippen LogP contribution in [0, 0.1) is 3.57 Å². The molecule has 0 aliphatic rings. The molecule has 0 aliphatic carbocycles. The Morgan fingerprint density at radius 3 is 3.00 bits per heavy atom. The first kappa shape index (κ1) is 9.55. The van der Waals surface area contributed by atoms with Crippen molar-refractivity contribution in [2.45, 2.75) is 5.88 Å². The Bertz CT molecular complexity index is 452. The van der Waals surface area contributed by atoms with Crippen molar-refractivity contribution >= 4 is 61.3 Å². The molecule has 1 nitrogen and oxygen atoms in total. The first-order valence-corrected chi connectivity index (χ1v) is 6.23. The topological polar surface area (TPSA) is 26.0 Å². The zero-order chi connectivity index (χ0) is 9.42. The highest BCUT2D eigenvalue weighted by Gasteiger charge is 2.08. The third-order valence-electron chi connectivity index (χ3n) is 1.97. The van der Waals surface area contributed by atoms with Crippen LogP contribution >= 0.6 is 45.5 Å². The van der Waals surface area contributed by atoms with Crippen molar-refractivity contribution in [2.75, 3.05) is 5.73 Å². The lowest BCUT2D eigenvalue weighted by Gasteiger charge is -2.05. The van der Waals surface area contributed by atoms with Gasteiger partial charge >= 0.3 is 0 Å². The average Bonchev–Trinajstić information content (AvgIpc) is 2.53. The second kappa shape index (κ2) is 3.63. The lowest BCUT2D eigenvalue weighted by Crippen LogP contribution is -1.93. The third-order valence-corrected chi connectivity index (χ3v) is 4.40. The van der Waals surface area contributed by atoms with E-state index in [1.54, 1.807) is 11.3 Å². The second-order valence-electron chi connectivity index (χ2n) is 2.72. The summed E-state index contributed by atoms with van der Waals surface area (Å²) in [5.41, 5.74) is 7.72. The van der Waals surface area contributed by atoms with Gasteiger partial charge in [-0.15, -0.1) is 22.9 Å². The predicted octanol–water partition coefficient (Wildman–Crippen LogP) is 3.83. The second-order valence-corrected chi connectivity index (χ2v) is 5.07. The maximum atomic E-state index is 5.87. The van der Waals surface area contributed by atoms with Gasteiger partial charge in [0.2, 0.25) is 0 Å². The van der Waals surface area contributed by atoms with Crippen molar-refractivity contribution in [3.8, 4) is 0 Å². The molecule has 2 aromatic rings. The summed E-state index contributed by atoms with van der Waals surface area (Å²) in [5.74, 6) is 0.482. The normalized spacial score (nSPS) is 10.9. The molecule has 4 heteroatoms. The van der Waals surface area contributed by atoms with E-state index in [0.29, 0.717) is 5.88 Å². The summed E-state index contributed by atoms with van der Waals surface area (Å²) in [7, 11) is 0. The highest BCUT2D eigenvalue weighted by atomic mass is 127. The van der Waals surface area contributed by atoms with E-state index in [1.165, 1.54) is 13.7 Å². The number of rotatable bonds is 1. The molecule has 0 bridgehead atoms. The van der Waals surface area contributed by atoms with Gasteiger partial charge in [0.1, 0.15) is 0 Å². The van der Waals surface area contributed by atoms with Gasteiger partial charge in [-0.05, 0) is 51.1 Å². The van der Waals surface area contributed by atoms with E-state index in [-0.39, 0.29) is 0 Å². The maximum Gasteiger partial charge on any atom is 0.0500 e. The Morgan fingerprint density at radius 2 is 2.31 bits per heavy atom. The summed E-state index contributed by atoms with van der Waals surface area (Å²) in [6, 6.07) is 4.06. The number of hydrogen-bond donors (Lipinski definition) is 1. The highest BCUT2D eigenvalue weighted by molar-refractivity contribution is 14.1. The predicted molar refractivity (Wildman–Crippen MR) is 68.5 cm³/mol. The third kappa shape index (κ3) is 1.53. The van der Waals surface area contributed by atoms with Crippen LogP contribution in [0.25, 0.3) is 10.1 Å². The SMILES string of the molecule is Nc1cc(I)c2sccc2c1CCl. The van der Waals surface area contributed by atoms with Gasteiger partial charge in [-0.1, -0.05) is 0 Å². The number of hydrogen-bond acceptors (Lipinski definition) is 2. The van der Waals surface area contributed by atoms with Gasteiger partial charge in [-0.3, -0.25) is 0 Å². The smallest absolute Gasteiger partial charge is 0.0500 e. The van der Waals surface area contributed by atoms with E-state index in [4.69, 9.17) is 17.3 Å². The van der Waals surface area contributed by atoms with E-state index < -0.39 is 0 Å². The van der Waals surface area contributed by atoms with Crippen LogP contribution in [0.1, 0.15) is 5.56 Å². The Labute approximate surface area is 99.0 Å². The molecule has 1 aromatic heterocycles. The quantitative estimate of drug-likeness (QED) is 0.482. The fraction of sp³-hybridized carbons (Fsp3) is 0.111. The zero-order valence-electron chi connectivity index (χ0n) is 6.68. The molecular formula is C9H7ClINS. The number of nitrogens with two attached hydrogens (primary N) is 1. The molecule has 1 aromatic carbocycles. The number of anilines is 1. The number of thiophene rings is 1. The Balaban J connectivity index is 2.88. The molecule has 0 saturated heterocycles. The first-order chi connectivity index (χ1) is 6.24. The van der Waals surface area contributed by atoms with Crippen LogP contribution in [0.3, 0.4) is 0 Å². The summed E-state index contributed by atoms with van der Waals surface area (Å²) in [4.78, 5) is 0. The van der Waals surface area contributed by atoms with Crippen molar-refractivity contribution in [3.05, 3.63) is 26.6 Å². The van der Waals surface area contributed by atoms with Crippen molar-refractivity contribution < 1.29 is 0 Å². The van der Waals surface area contributed by atoms with Crippen molar-refractivity contribution in [1.82, 2.24) is 0 Å². The lowest BCUT2D eigenvalue weighted by molar-refractivity contribution is 1.45. The first-order valence-electron chi connectivity index (χ1n) is 3.74. The molecule has 0 fully saturated rings. The van der Waals surface area contributed by atoms with Gasteiger partial charge in [0, 0.05) is 14.0 Å². The molecule has 0 aliphatic heterocycles. The lowest BCUT2D eigenvalue weighted by atomic mass is 10.1. The molecule has 0 saturated carbocycles. The van der Waals surface area contributed by atoms with Gasteiger partial charge in [0.15, 0.2) is 0 Å². The minimum absolute atomic E-state index is 0.482. The number of fused-ring (bicyclic) bond motifs is 1. The van der Waals surface area contributed by atoms with Crippen molar-refractivity contribution in [2.24, 2.45) is 0 Å². The number of alkyl halides is 1. The standard InChI is InChI=1S/C9H7ClINS/c10-4-6-5-1-2-13-9(5)7(11)3-8(6)12/h1-3H,4,12H2. The molecule has 0 radical (unpaired) electrons. The summed E-state index contributed by atoms with van der Waals surface area (Å²) < 4.78 is 2.49. The van der Waals surface area contributed by atoms with Crippen LogP contribution in [-0.4, -0.2) is 0 Å². The van der Waals surface area contributed by atoms with E-state index in [0.717, 1.165) is 11.3 Å². The summed E-state index contributed by atoms with van der Waals surface area (Å²) in [5, 5.41) is 3.27. The molecular weight excluding hydrogens is 317 g/mol. The van der Waals surface area contributed by atoms with E-state index in [1.807, 2.05) is 6.07 Å². The number of benzene rings is 1. The van der Waals surface area contributed by atoms with E-state index in [2.05, 4.69) is 34.0 Å². The Hall–Kier alpha value is -0.000000000000000167. The van der Waals surface area contributed by atoms with Crippen LogP contribution in [0.15, 0.2) is 17.5 Å². The molecule has 68 valence electrons. The van der Waals surface area contributed by atoms with Gasteiger partial charge in [-0.25, -0.2) is 0 Å². The van der Waals surface area contributed by atoms with Crippen molar-refractivity contribution in [1.29, 1.82) is 0 Å². The Kier molecular flexibility index (Phi) is 2.67. The molecule has 0 spiro atoms. The van der Waals surface area contributed by atoms with Crippen molar-refractivity contribution in [3.63, 3.8) is 0 Å². The molecule has 0 unspecified atom stereocenters. The van der Waals surface area contributed by atoms with Crippen LogP contribution in [0.4, 0.5) is 5.69 Å². The van der Waals surface area contributed by atoms with Gasteiger partial charge < -0.3 is 5.73 Å². The van der Waals surface area contributed by atoms with Gasteiger partial charge in [-0.2, -0.15) is 0 Å². The number of nitrogen functional groups attached to an aromatic ring is 1.